The van der Waals surface area contributed by atoms with Crippen LogP contribution in [-0.4, -0.2) is 4.98 Å². The fraction of sp³-hybridized carbons (Fsp3) is 0.0714. The molecule has 0 saturated carbocycles. The smallest absolute Gasteiger partial charge is 0.181 e. The highest BCUT2D eigenvalue weighted by molar-refractivity contribution is 5.79. The van der Waals surface area contributed by atoms with Crippen LogP contribution in [-0.2, 0) is 0 Å². The summed E-state index contributed by atoms with van der Waals surface area (Å²) in [5.41, 5.74) is 5.35. The molecule has 0 aliphatic carbocycles. The first kappa shape index (κ1) is 9.16. The Bertz CT molecular complexity index is 623. The molecule has 3 rings (SSSR count). The summed E-state index contributed by atoms with van der Waals surface area (Å²) in [6.07, 6.45) is 1.48. The lowest BCUT2D eigenvalue weighted by Crippen LogP contribution is -1.78. The van der Waals surface area contributed by atoms with Gasteiger partial charge in [0.05, 0.1) is 0 Å². The number of aryl methyl sites for hydroxylation is 1. The molecule has 0 unspecified atom stereocenters. The Balaban J connectivity index is 2.14. The predicted octanol–water partition coefficient (Wildman–Crippen LogP) is 3.80. The van der Waals surface area contributed by atoms with Gasteiger partial charge in [-0.25, -0.2) is 4.98 Å². The van der Waals surface area contributed by atoms with Crippen LogP contribution in [0.3, 0.4) is 0 Å². The minimum absolute atomic E-state index is 0.832. The van der Waals surface area contributed by atoms with Crippen molar-refractivity contribution < 1.29 is 4.42 Å². The van der Waals surface area contributed by atoms with E-state index in [9.17, 15) is 0 Å². The molecule has 0 aliphatic heterocycles. The Morgan fingerprint density at radius 3 is 2.50 bits per heavy atom. The number of aromatic nitrogens is 1. The van der Waals surface area contributed by atoms with Crippen molar-refractivity contribution in [3.05, 3.63) is 54.4 Å². The number of nitrogens with zero attached hydrogens (tertiary/aromatic N) is 1. The molecule has 2 nitrogen and oxygen atoms in total. The standard InChI is InChI=1S/C14H11NO/c1-10-2-4-11(5-3-10)12-6-7-13-14(8-12)16-9-15-13/h2-9H,1H3. The molecular formula is C14H11NO. The van der Waals surface area contributed by atoms with Gasteiger partial charge < -0.3 is 4.42 Å². The van der Waals surface area contributed by atoms with Crippen molar-refractivity contribution >= 4 is 11.1 Å². The average molecular weight is 209 g/mol. The van der Waals surface area contributed by atoms with Gasteiger partial charge in [-0.15, -0.1) is 0 Å². The first-order valence-electron chi connectivity index (χ1n) is 5.23. The predicted molar refractivity (Wildman–Crippen MR) is 64.2 cm³/mol. The topological polar surface area (TPSA) is 26.0 Å². The minimum atomic E-state index is 0.832. The quantitative estimate of drug-likeness (QED) is 0.609. The van der Waals surface area contributed by atoms with Crippen LogP contribution in [0, 0.1) is 6.92 Å². The molecule has 0 N–H and O–H groups in total. The molecule has 0 bridgehead atoms. The zero-order valence-corrected chi connectivity index (χ0v) is 8.97. The van der Waals surface area contributed by atoms with Gasteiger partial charge in [0.2, 0.25) is 0 Å². The number of hydrogen-bond acceptors (Lipinski definition) is 2. The van der Waals surface area contributed by atoms with Crippen LogP contribution >= 0.6 is 0 Å². The van der Waals surface area contributed by atoms with Gasteiger partial charge >= 0.3 is 0 Å². The fourth-order valence-electron chi connectivity index (χ4n) is 1.78. The second-order valence-corrected chi connectivity index (χ2v) is 3.90. The summed E-state index contributed by atoms with van der Waals surface area (Å²) in [5, 5.41) is 0. The van der Waals surface area contributed by atoms with Crippen molar-refractivity contribution in [2.75, 3.05) is 0 Å². The molecule has 0 spiro atoms. The number of hydrogen-bond donors (Lipinski definition) is 0. The highest BCUT2D eigenvalue weighted by atomic mass is 16.3. The first-order chi connectivity index (χ1) is 7.83. The molecule has 1 aromatic heterocycles. The molecule has 0 radical (unpaired) electrons. The molecule has 3 aromatic rings. The molecule has 0 saturated heterocycles. The minimum Gasteiger partial charge on any atom is -0.443 e. The van der Waals surface area contributed by atoms with Gasteiger partial charge in [-0.3, -0.25) is 0 Å². The number of oxazole rings is 1. The van der Waals surface area contributed by atoms with Gasteiger partial charge in [-0.05, 0) is 30.2 Å². The SMILES string of the molecule is Cc1ccc(-c2ccc3ncoc3c2)cc1. The van der Waals surface area contributed by atoms with Crippen molar-refractivity contribution in [2.45, 2.75) is 6.92 Å². The number of benzene rings is 2. The van der Waals surface area contributed by atoms with E-state index in [0.29, 0.717) is 0 Å². The third-order valence-electron chi connectivity index (χ3n) is 2.72. The zero-order valence-electron chi connectivity index (χ0n) is 8.97. The van der Waals surface area contributed by atoms with E-state index in [4.69, 9.17) is 4.42 Å². The number of fused-ring (bicyclic) bond motifs is 1. The summed E-state index contributed by atoms with van der Waals surface area (Å²) < 4.78 is 5.29. The molecular weight excluding hydrogens is 198 g/mol. The second-order valence-electron chi connectivity index (χ2n) is 3.90. The Morgan fingerprint density at radius 2 is 1.69 bits per heavy atom. The lowest BCUT2D eigenvalue weighted by atomic mass is 10.0. The van der Waals surface area contributed by atoms with Crippen LogP contribution in [0.4, 0.5) is 0 Å². The van der Waals surface area contributed by atoms with Gasteiger partial charge in [0.15, 0.2) is 12.0 Å². The lowest BCUT2D eigenvalue weighted by molar-refractivity contribution is 0.602. The summed E-state index contributed by atoms with van der Waals surface area (Å²) in [6, 6.07) is 14.5. The van der Waals surface area contributed by atoms with Crippen molar-refractivity contribution in [3.63, 3.8) is 0 Å². The summed E-state index contributed by atoms with van der Waals surface area (Å²) in [7, 11) is 0. The molecule has 16 heavy (non-hydrogen) atoms. The van der Waals surface area contributed by atoms with Crippen LogP contribution < -0.4 is 0 Å². The maximum atomic E-state index is 5.29. The van der Waals surface area contributed by atoms with Crippen LogP contribution in [0.5, 0.6) is 0 Å². The first-order valence-corrected chi connectivity index (χ1v) is 5.23. The molecule has 2 heteroatoms. The van der Waals surface area contributed by atoms with Gasteiger partial charge in [-0.1, -0.05) is 35.9 Å². The highest BCUT2D eigenvalue weighted by Crippen LogP contribution is 2.23. The third-order valence-corrected chi connectivity index (χ3v) is 2.72. The van der Waals surface area contributed by atoms with E-state index in [2.05, 4.69) is 42.2 Å². The highest BCUT2D eigenvalue weighted by Gasteiger charge is 2.02. The molecule has 0 amide bonds. The Kier molecular flexibility index (Phi) is 2.00. The summed E-state index contributed by atoms with van der Waals surface area (Å²) >= 11 is 0. The van der Waals surface area contributed by atoms with Crippen LogP contribution in [0.2, 0.25) is 0 Å². The monoisotopic (exact) mass is 209 g/mol. The van der Waals surface area contributed by atoms with E-state index in [1.807, 2.05) is 12.1 Å². The van der Waals surface area contributed by atoms with E-state index in [0.717, 1.165) is 16.7 Å². The molecule has 0 fully saturated rings. The molecule has 0 atom stereocenters. The van der Waals surface area contributed by atoms with E-state index in [1.54, 1.807) is 0 Å². The number of rotatable bonds is 1. The van der Waals surface area contributed by atoms with Crippen molar-refractivity contribution in [2.24, 2.45) is 0 Å². The largest absolute Gasteiger partial charge is 0.443 e. The van der Waals surface area contributed by atoms with E-state index in [-0.39, 0.29) is 0 Å². The van der Waals surface area contributed by atoms with E-state index >= 15 is 0 Å². The Hall–Kier alpha value is -2.09. The lowest BCUT2D eigenvalue weighted by Gasteiger charge is -2.01. The van der Waals surface area contributed by atoms with E-state index < -0.39 is 0 Å². The van der Waals surface area contributed by atoms with Crippen LogP contribution in [0.1, 0.15) is 5.56 Å². The molecule has 78 valence electrons. The molecule has 1 heterocycles. The van der Waals surface area contributed by atoms with Crippen molar-refractivity contribution in [1.29, 1.82) is 0 Å². The zero-order chi connectivity index (χ0) is 11.0. The van der Waals surface area contributed by atoms with Gasteiger partial charge in [-0.2, -0.15) is 0 Å². The normalized spacial score (nSPS) is 10.8. The van der Waals surface area contributed by atoms with Crippen LogP contribution in [0.25, 0.3) is 22.2 Å². The maximum Gasteiger partial charge on any atom is 0.181 e. The second kappa shape index (κ2) is 3.49. The average Bonchev–Trinajstić information content (AvgIpc) is 2.77. The summed E-state index contributed by atoms with van der Waals surface area (Å²) in [4.78, 5) is 4.10. The third kappa shape index (κ3) is 1.48. The van der Waals surface area contributed by atoms with Gasteiger partial charge in [0.1, 0.15) is 5.52 Å². The van der Waals surface area contributed by atoms with Gasteiger partial charge in [0.25, 0.3) is 0 Å². The van der Waals surface area contributed by atoms with Gasteiger partial charge in [0, 0.05) is 0 Å². The molecule has 2 aromatic carbocycles. The summed E-state index contributed by atoms with van der Waals surface area (Å²) in [5.74, 6) is 0. The Morgan fingerprint density at radius 1 is 0.938 bits per heavy atom. The maximum absolute atomic E-state index is 5.29. The van der Waals surface area contributed by atoms with E-state index in [1.165, 1.54) is 17.5 Å². The van der Waals surface area contributed by atoms with Crippen molar-refractivity contribution in [3.8, 4) is 11.1 Å². The summed E-state index contributed by atoms with van der Waals surface area (Å²) in [6.45, 7) is 2.09. The van der Waals surface area contributed by atoms with Crippen molar-refractivity contribution in [1.82, 2.24) is 4.98 Å². The Labute approximate surface area is 93.5 Å². The fourth-order valence-corrected chi connectivity index (χ4v) is 1.78. The molecule has 0 aliphatic rings. The van der Waals surface area contributed by atoms with Crippen LogP contribution in [0.15, 0.2) is 53.3 Å².